The van der Waals surface area contributed by atoms with Crippen molar-refractivity contribution in [3.05, 3.63) is 41.1 Å². The van der Waals surface area contributed by atoms with Gasteiger partial charge < -0.3 is 5.32 Å². The molecule has 7 heteroatoms. The Balaban J connectivity index is 2.09. The number of benzene rings is 1. The Morgan fingerprint density at radius 1 is 1.35 bits per heavy atom. The number of thioether (sulfide) groups is 1. The number of halogens is 3. The molecule has 0 saturated heterocycles. The summed E-state index contributed by atoms with van der Waals surface area (Å²) in [4.78, 5) is 4.30. The molecule has 0 fully saturated rings. The van der Waals surface area contributed by atoms with E-state index in [2.05, 4.69) is 10.3 Å². The summed E-state index contributed by atoms with van der Waals surface area (Å²) in [7, 11) is 1.79. The number of aromatic nitrogens is 1. The Bertz CT molecular complexity index is 594. The Labute approximate surface area is 123 Å². The fourth-order valence-corrected chi connectivity index (χ4v) is 3.64. The number of anilines is 1. The number of hydrogen-bond donors (Lipinski definition) is 1. The lowest BCUT2D eigenvalue weighted by atomic mass is 10.1. The summed E-state index contributed by atoms with van der Waals surface area (Å²) in [5.74, 6) is 0.496. The predicted octanol–water partition coefficient (Wildman–Crippen LogP) is 4.80. The highest BCUT2D eigenvalue weighted by Gasteiger charge is 2.30. The summed E-state index contributed by atoms with van der Waals surface area (Å²) in [5.41, 5.74) is 0.951. The van der Waals surface area contributed by atoms with Gasteiger partial charge in [-0.2, -0.15) is 13.2 Å². The largest absolute Gasteiger partial charge is 0.416 e. The average molecular weight is 318 g/mol. The van der Waals surface area contributed by atoms with Crippen LogP contribution in [0, 0.1) is 6.92 Å². The first-order valence-electron chi connectivity index (χ1n) is 5.84. The lowest BCUT2D eigenvalue weighted by Gasteiger charge is -2.08. The van der Waals surface area contributed by atoms with Crippen LogP contribution < -0.4 is 5.32 Å². The molecular weight excluding hydrogens is 305 g/mol. The van der Waals surface area contributed by atoms with Crippen molar-refractivity contribution in [1.82, 2.24) is 4.98 Å². The molecule has 0 aliphatic carbocycles. The van der Waals surface area contributed by atoms with Gasteiger partial charge in [0.25, 0.3) is 0 Å². The van der Waals surface area contributed by atoms with E-state index in [1.54, 1.807) is 13.1 Å². The monoisotopic (exact) mass is 318 g/mol. The van der Waals surface area contributed by atoms with Crippen LogP contribution in [0.5, 0.6) is 0 Å². The fraction of sp³-hybridized carbons (Fsp3) is 0.308. The molecule has 2 rings (SSSR count). The van der Waals surface area contributed by atoms with Gasteiger partial charge in [-0.25, -0.2) is 4.98 Å². The first-order valence-corrected chi connectivity index (χ1v) is 7.64. The van der Waals surface area contributed by atoms with Gasteiger partial charge in [-0.05, 0) is 18.6 Å². The second-order valence-electron chi connectivity index (χ2n) is 4.13. The van der Waals surface area contributed by atoms with Crippen molar-refractivity contribution in [2.45, 2.75) is 23.1 Å². The quantitative estimate of drug-likeness (QED) is 0.819. The molecule has 108 valence electrons. The molecule has 2 aromatic rings. The van der Waals surface area contributed by atoms with Gasteiger partial charge in [0.2, 0.25) is 0 Å². The van der Waals surface area contributed by atoms with Gasteiger partial charge in [0.1, 0.15) is 0 Å². The van der Waals surface area contributed by atoms with Crippen LogP contribution in [-0.4, -0.2) is 12.0 Å². The van der Waals surface area contributed by atoms with Gasteiger partial charge in [-0.15, -0.1) is 11.8 Å². The van der Waals surface area contributed by atoms with E-state index in [9.17, 15) is 13.2 Å². The van der Waals surface area contributed by atoms with Gasteiger partial charge >= 0.3 is 6.18 Å². The van der Waals surface area contributed by atoms with E-state index in [1.807, 2.05) is 6.92 Å². The number of hydrogen-bond acceptors (Lipinski definition) is 4. The van der Waals surface area contributed by atoms with Crippen LogP contribution in [0.1, 0.15) is 16.8 Å². The molecule has 0 unspecified atom stereocenters. The van der Waals surface area contributed by atoms with Crippen molar-refractivity contribution >= 4 is 28.2 Å². The molecule has 1 N–H and O–H groups in total. The predicted molar refractivity (Wildman–Crippen MR) is 77.4 cm³/mol. The summed E-state index contributed by atoms with van der Waals surface area (Å²) in [6, 6.07) is 5.43. The van der Waals surface area contributed by atoms with Gasteiger partial charge in [0.05, 0.1) is 15.5 Å². The number of aryl methyl sites for hydroxylation is 1. The fourth-order valence-electron chi connectivity index (χ4n) is 1.61. The van der Waals surface area contributed by atoms with Gasteiger partial charge in [-0.1, -0.05) is 29.5 Å². The van der Waals surface area contributed by atoms with Crippen molar-refractivity contribution in [2.24, 2.45) is 0 Å². The van der Waals surface area contributed by atoms with Gasteiger partial charge in [-0.3, -0.25) is 0 Å². The highest BCUT2D eigenvalue weighted by atomic mass is 32.2. The van der Waals surface area contributed by atoms with Crippen LogP contribution in [0.4, 0.5) is 18.3 Å². The highest BCUT2D eigenvalue weighted by molar-refractivity contribution is 8.00. The Morgan fingerprint density at radius 2 is 2.10 bits per heavy atom. The van der Waals surface area contributed by atoms with E-state index in [0.29, 0.717) is 11.3 Å². The molecule has 0 atom stereocenters. The zero-order valence-corrected chi connectivity index (χ0v) is 12.5. The molecule has 1 heterocycles. The first-order chi connectivity index (χ1) is 9.40. The second-order valence-corrected chi connectivity index (χ2v) is 6.37. The van der Waals surface area contributed by atoms with Crippen molar-refractivity contribution in [3.8, 4) is 0 Å². The Hall–Kier alpha value is -1.21. The molecule has 1 aromatic carbocycles. The molecule has 0 radical (unpaired) electrons. The molecule has 0 amide bonds. The normalized spacial score (nSPS) is 11.7. The Morgan fingerprint density at radius 3 is 2.70 bits per heavy atom. The summed E-state index contributed by atoms with van der Waals surface area (Å²) in [5, 5.41) is 3.77. The van der Waals surface area contributed by atoms with E-state index in [0.717, 1.165) is 21.1 Å². The summed E-state index contributed by atoms with van der Waals surface area (Å²) >= 11 is 3.01. The number of thiazole rings is 1. The van der Waals surface area contributed by atoms with E-state index in [1.165, 1.54) is 35.2 Å². The molecule has 0 spiro atoms. The highest BCUT2D eigenvalue weighted by Crippen LogP contribution is 2.35. The van der Waals surface area contributed by atoms with E-state index in [4.69, 9.17) is 0 Å². The van der Waals surface area contributed by atoms with Crippen LogP contribution in [0.25, 0.3) is 0 Å². The van der Waals surface area contributed by atoms with Crippen LogP contribution in [-0.2, 0) is 11.9 Å². The standard InChI is InChI=1S/C13H13F3N2S2/c1-8-11(20-12(17-2)18-8)19-7-9-4-3-5-10(6-9)13(14,15)16/h3-6H,7H2,1-2H3,(H,17,18). The van der Waals surface area contributed by atoms with Crippen LogP contribution in [0.2, 0.25) is 0 Å². The molecular formula is C13H13F3N2S2. The number of nitrogens with one attached hydrogen (secondary N) is 1. The topological polar surface area (TPSA) is 24.9 Å². The lowest BCUT2D eigenvalue weighted by Crippen LogP contribution is -2.04. The van der Waals surface area contributed by atoms with Crippen LogP contribution in [0.15, 0.2) is 28.5 Å². The summed E-state index contributed by atoms with van der Waals surface area (Å²) < 4.78 is 38.9. The maximum absolute atomic E-state index is 12.6. The van der Waals surface area contributed by atoms with Gasteiger partial charge in [0.15, 0.2) is 5.13 Å². The second kappa shape index (κ2) is 6.05. The minimum absolute atomic E-state index is 0.496. The van der Waals surface area contributed by atoms with E-state index >= 15 is 0 Å². The van der Waals surface area contributed by atoms with Crippen molar-refractivity contribution < 1.29 is 13.2 Å². The molecule has 0 saturated carbocycles. The third-order valence-corrected chi connectivity index (χ3v) is 5.20. The Kier molecular flexibility index (Phi) is 4.59. The zero-order chi connectivity index (χ0) is 14.8. The lowest BCUT2D eigenvalue weighted by molar-refractivity contribution is -0.137. The number of nitrogens with zero attached hydrogens (tertiary/aromatic N) is 1. The van der Waals surface area contributed by atoms with Crippen molar-refractivity contribution in [3.63, 3.8) is 0 Å². The van der Waals surface area contributed by atoms with Gasteiger partial charge in [0, 0.05) is 12.8 Å². The third-order valence-electron chi connectivity index (χ3n) is 2.59. The molecule has 0 aliphatic rings. The summed E-state index contributed by atoms with van der Waals surface area (Å²) in [6.45, 7) is 1.89. The maximum atomic E-state index is 12.6. The molecule has 0 aliphatic heterocycles. The number of alkyl halides is 3. The molecule has 1 aromatic heterocycles. The molecule has 20 heavy (non-hydrogen) atoms. The first kappa shape index (κ1) is 15.2. The van der Waals surface area contributed by atoms with E-state index < -0.39 is 11.7 Å². The third kappa shape index (κ3) is 3.67. The van der Waals surface area contributed by atoms with Crippen molar-refractivity contribution in [2.75, 3.05) is 12.4 Å². The van der Waals surface area contributed by atoms with Crippen molar-refractivity contribution in [1.29, 1.82) is 0 Å². The summed E-state index contributed by atoms with van der Waals surface area (Å²) in [6.07, 6.45) is -4.29. The molecule has 2 nitrogen and oxygen atoms in total. The SMILES string of the molecule is CNc1nc(C)c(SCc2cccc(C(F)(F)F)c2)s1. The van der Waals surface area contributed by atoms with Crippen LogP contribution >= 0.6 is 23.1 Å². The zero-order valence-electron chi connectivity index (χ0n) is 10.9. The van der Waals surface area contributed by atoms with Crippen LogP contribution in [0.3, 0.4) is 0 Å². The minimum Gasteiger partial charge on any atom is -0.365 e. The average Bonchev–Trinajstić information content (AvgIpc) is 2.76. The minimum atomic E-state index is -4.29. The van der Waals surface area contributed by atoms with E-state index in [-0.39, 0.29) is 0 Å². The number of rotatable bonds is 4. The smallest absolute Gasteiger partial charge is 0.365 e. The molecule has 0 bridgehead atoms. The maximum Gasteiger partial charge on any atom is 0.416 e.